The Morgan fingerprint density at radius 3 is 2.64 bits per heavy atom. The second-order valence-corrected chi connectivity index (χ2v) is 8.00. The molecule has 0 saturated carbocycles. The van der Waals surface area contributed by atoms with E-state index in [9.17, 15) is 4.79 Å². The zero-order valence-electron chi connectivity index (χ0n) is 18.6. The molecule has 0 aliphatic carbocycles. The zero-order chi connectivity index (χ0) is 23.1. The number of nitrogen functional groups attached to an aromatic ring is 1. The molecule has 2 aromatic carbocycles. The fourth-order valence-corrected chi connectivity index (χ4v) is 4.16. The number of imidazole rings is 1. The van der Waals surface area contributed by atoms with Crippen LogP contribution in [-0.2, 0) is 0 Å². The summed E-state index contributed by atoms with van der Waals surface area (Å²) < 4.78 is 1.71. The number of nitrogens with one attached hydrogen (secondary N) is 2. The van der Waals surface area contributed by atoms with E-state index in [1.807, 2.05) is 63.2 Å². The number of para-hydroxylation sites is 1. The molecule has 1 atom stereocenters. The Morgan fingerprint density at radius 2 is 1.85 bits per heavy atom. The van der Waals surface area contributed by atoms with Gasteiger partial charge in [0.2, 0.25) is 5.95 Å². The Labute approximate surface area is 189 Å². The van der Waals surface area contributed by atoms with E-state index >= 15 is 0 Å². The van der Waals surface area contributed by atoms with Crippen molar-refractivity contribution in [3.8, 4) is 5.69 Å². The standard InChI is InChI=1S/C24H24N8O/c1-4-15(28-21-19-20(27-12-26-19)30-24(25)31-21)22-29-16-10-7-9-14(3)18(16)23(33)32(22)17-11-6-5-8-13(17)2/h5-12,15H,4H2,1-3H3,(H4,25,26,27,28,30,31)/t15-/m1/s1. The van der Waals surface area contributed by atoms with Crippen LogP contribution >= 0.6 is 0 Å². The van der Waals surface area contributed by atoms with Crippen molar-refractivity contribution in [3.05, 3.63) is 76.1 Å². The third-order valence-electron chi connectivity index (χ3n) is 5.82. The average molecular weight is 441 g/mol. The Balaban J connectivity index is 1.77. The highest BCUT2D eigenvalue weighted by Gasteiger charge is 2.23. The van der Waals surface area contributed by atoms with Crippen molar-refractivity contribution >= 4 is 33.8 Å². The maximum absolute atomic E-state index is 13.9. The summed E-state index contributed by atoms with van der Waals surface area (Å²) in [6, 6.07) is 13.2. The number of aryl methyl sites for hydroxylation is 2. The number of H-pyrrole nitrogens is 1. The van der Waals surface area contributed by atoms with Gasteiger partial charge in [-0.3, -0.25) is 9.36 Å². The smallest absolute Gasteiger partial charge is 0.266 e. The number of benzene rings is 2. The molecule has 0 radical (unpaired) electrons. The molecule has 0 bridgehead atoms. The molecule has 0 unspecified atom stereocenters. The van der Waals surface area contributed by atoms with Crippen LogP contribution in [0.25, 0.3) is 27.8 Å². The van der Waals surface area contributed by atoms with Crippen LogP contribution in [0.4, 0.5) is 11.8 Å². The number of hydrogen-bond donors (Lipinski definition) is 3. The first-order chi connectivity index (χ1) is 16.0. The second kappa shape index (κ2) is 8.01. The van der Waals surface area contributed by atoms with Crippen LogP contribution in [0.1, 0.15) is 36.3 Å². The highest BCUT2D eigenvalue weighted by molar-refractivity contribution is 5.84. The fraction of sp³-hybridized carbons (Fsp3) is 0.208. The molecular weight excluding hydrogens is 416 g/mol. The number of nitrogens with zero attached hydrogens (tertiary/aromatic N) is 5. The highest BCUT2D eigenvalue weighted by Crippen LogP contribution is 2.28. The normalized spacial score (nSPS) is 12.3. The molecular formula is C24H24N8O. The molecule has 0 aliphatic rings. The van der Waals surface area contributed by atoms with Crippen molar-refractivity contribution in [3.63, 3.8) is 0 Å². The summed E-state index contributed by atoms with van der Waals surface area (Å²) in [6.07, 6.45) is 2.19. The molecule has 0 saturated heterocycles. The summed E-state index contributed by atoms with van der Waals surface area (Å²) in [5, 5.41) is 4.03. The molecule has 0 aliphatic heterocycles. The zero-order valence-corrected chi connectivity index (χ0v) is 18.6. The summed E-state index contributed by atoms with van der Waals surface area (Å²) in [4.78, 5) is 34.7. The number of fused-ring (bicyclic) bond motifs is 2. The van der Waals surface area contributed by atoms with Crippen LogP contribution in [0.15, 0.2) is 53.6 Å². The van der Waals surface area contributed by atoms with E-state index in [2.05, 4.69) is 25.3 Å². The quantitative estimate of drug-likeness (QED) is 0.379. The Hall–Kier alpha value is -4.27. The summed E-state index contributed by atoms with van der Waals surface area (Å²) in [5.41, 5.74) is 10.2. The lowest BCUT2D eigenvalue weighted by Gasteiger charge is -2.23. The molecule has 0 spiro atoms. The predicted molar refractivity (Wildman–Crippen MR) is 130 cm³/mol. The van der Waals surface area contributed by atoms with E-state index in [0.717, 1.165) is 16.8 Å². The van der Waals surface area contributed by atoms with Gasteiger partial charge in [0.05, 0.1) is 29.0 Å². The number of rotatable bonds is 5. The highest BCUT2D eigenvalue weighted by atomic mass is 16.1. The lowest BCUT2D eigenvalue weighted by molar-refractivity contribution is 0.658. The minimum atomic E-state index is -0.337. The van der Waals surface area contributed by atoms with E-state index in [0.29, 0.717) is 40.1 Å². The molecule has 4 N–H and O–H groups in total. The minimum absolute atomic E-state index is 0.102. The van der Waals surface area contributed by atoms with Gasteiger partial charge in [0.25, 0.3) is 5.56 Å². The minimum Gasteiger partial charge on any atom is -0.368 e. The number of aromatic nitrogens is 6. The number of anilines is 2. The SMILES string of the molecule is CC[C@@H](Nc1nc(N)nc2[nH]cnc12)c1nc2cccc(C)c2c(=O)n1-c1ccccc1C. The maximum Gasteiger partial charge on any atom is 0.266 e. The van der Waals surface area contributed by atoms with Gasteiger partial charge in [-0.05, 0) is 43.5 Å². The first kappa shape index (κ1) is 20.6. The topological polar surface area (TPSA) is 127 Å². The van der Waals surface area contributed by atoms with Crippen molar-refractivity contribution in [2.24, 2.45) is 0 Å². The summed E-state index contributed by atoms with van der Waals surface area (Å²) >= 11 is 0. The lowest BCUT2D eigenvalue weighted by Crippen LogP contribution is -2.29. The third kappa shape index (κ3) is 3.47. The lowest BCUT2D eigenvalue weighted by atomic mass is 10.1. The summed E-state index contributed by atoms with van der Waals surface area (Å²) in [7, 11) is 0. The largest absolute Gasteiger partial charge is 0.368 e. The van der Waals surface area contributed by atoms with Crippen molar-refractivity contribution in [1.82, 2.24) is 29.5 Å². The van der Waals surface area contributed by atoms with Gasteiger partial charge >= 0.3 is 0 Å². The van der Waals surface area contributed by atoms with Gasteiger partial charge in [-0.2, -0.15) is 9.97 Å². The Bertz CT molecular complexity index is 1550. The van der Waals surface area contributed by atoms with Crippen LogP contribution in [0.3, 0.4) is 0 Å². The van der Waals surface area contributed by atoms with Crippen LogP contribution in [0, 0.1) is 13.8 Å². The molecule has 0 amide bonds. The molecule has 33 heavy (non-hydrogen) atoms. The van der Waals surface area contributed by atoms with Gasteiger partial charge in [0.15, 0.2) is 11.5 Å². The monoisotopic (exact) mass is 440 g/mol. The number of hydrogen-bond acceptors (Lipinski definition) is 7. The molecule has 9 nitrogen and oxygen atoms in total. The van der Waals surface area contributed by atoms with Gasteiger partial charge in [0.1, 0.15) is 11.3 Å². The average Bonchev–Trinajstić information content (AvgIpc) is 3.26. The summed E-state index contributed by atoms with van der Waals surface area (Å²) in [5.74, 6) is 1.21. The fourth-order valence-electron chi connectivity index (χ4n) is 4.16. The van der Waals surface area contributed by atoms with Gasteiger partial charge in [-0.15, -0.1) is 0 Å². The second-order valence-electron chi connectivity index (χ2n) is 8.00. The first-order valence-corrected chi connectivity index (χ1v) is 10.8. The number of nitrogens with two attached hydrogens (primary N) is 1. The van der Waals surface area contributed by atoms with E-state index in [1.165, 1.54) is 0 Å². The third-order valence-corrected chi connectivity index (χ3v) is 5.82. The molecule has 5 aromatic rings. The van der Waals surface area contributed by atoms with Crippen molar-refractivity contribution in [1.29, 1.82) is 0 Å². The van der Waals surface area contributed by atoms with Crippen LogP contribution < -0.4 is 16.6 Å². The van der Waals surface area contributed by atoms with Gasteiger partial charge < -0.3 is 16.0 Å². The van der Waals surface area contributed by atoms with E-state index in [1.54, 1.807) is 10.9 Å². The van der Waals surface area contributed by atoms with Crippen LogP contribution in [-0.4, -0.2) is 29.5 Å². The van der Waals surface area contributed by atoms with Gasteiger partial charge in [0, 0.05) is 0 Å². The van der Waals surface area contributed by atoms with Crippen LogP contribution in [0.2, 0.25) is 0 Å². The summed E-state index contributed by atoms with van der Waals surface area (Å²) in [6.45, 7) is 5.94. The molecule has 3 aromatic heterocycles. The molecule has 3 heterocycles. The van der Waals surface area contributed by atoms with Crippen molar-refractivity contribution in [2.75, 3.05) is 11.1 Å². The van der Waals surface area contributed by atoms with E-state index in [-0.39, 0.29) is 17.5 Å². The maximum atomic E-state index is 13.9. The van der Waals surface area contributed by atoms with Crippen molar-refractivity contribution in [2.45, 2.75) is 33.2 Å². The van der Waals surface area contributed by atoms with Gasteiger partial charge in [-0.25, -0.2) is 9.97 Å². The number of aromatic amines is 1. The molecule has 9 heteroatoms. The Kier molecular flexibility index (Phi) is 5.01. The van der Waals surface area contributed by atoms with E-state index < -0.39 is 0 Å². The first-order valence-electron chi connectivity index (χ1n) is 10.8. The van der Waals surface area contributed by atoms with Gasteiger partial charge in [-0.1, -0.05) is 37.3 Å². The molecule has 5 rings (SSSR count). The van der Waals surface area contributed by atoms with Crippen molar-refractivity contribution < 1.29 is 0 Å². The van der Waals surface area contributed by atoms with Crippen LogP contribution in [0.5, 0.6) is 0 Å². The molecule has 0 fully saturated rings. The Morgan fingerprint density at radius 1 is 1.06 bits per heavy atom. The van der Waals surface area contributed by atoms with E-state index in [4.69, 9.17) is 10.7 Å². The predicted octanol–water partition coefficient (Wildman–Crippen LogP) is 3.81. The molecule has 166 valence electrons.